The summed E-state index contributed by atoms with van der Waals surface area (Å²) in [7, 11) is 0. The van der Waals surface area contributed by atoms with Crippen LogP contribution in [0.4, 0.5) is 5.69 Å². The first-order chi connectivity index (χ1) is 10.3. The molecule has 2 amide bonds. The zero-order valence-electron chi connectivity index (χ0n) is 12.1. The first-order valence-electron chi connectivity index (χ1n) is 7.60. The molecule has 3 rings (SSSR count). The molecule has 1 fully saturated rings. The van der Waals surface area contributed by atoms with Crippen LogP contribution >= 0.6 is 0 Å². The van der Waals surface area contributed by atoms with Crippen LogP contribution in [0, 0.1) is 0 Å². The van der Waals surface area contributed by atoms with Crippen LogP contribution in [0.3, 0.4) is 0 Å². The molecule has 0 unspecified atom stereocenters. The third kappa shape index (κ3) is 3.01. The number of carbonyl (C=O) groups is 2. The Morgan fingerprint density at radius 1 is 1.10 bits per heavy atom. The topological polar surface area (TPSA) is 58.6 Å². The Kier molecular flexibility index (Phi) is 4.08. The molecule has 1 N–H and O–H groups in total. The van der Waals surface area contributed by atoms with E-state index in [4.69, 9.17) is 4.74 Å². The molecule has 0 saturated carbocycles. The Bertz CT molecular complexity index is 548. The van der Waals surface area contributed by atoms with Gasteiger partial charge in [-0.15, -0.1) is 0 Å². The minimum absolute atomic E-state index is 0.00454. The smallest absolute Gasteiger partial charge is 0.262 e. The lowest BCUT2D eigenvalue weighted by atomic mass is 10.1. The number of ether oxygens (including phenoxy) is 1. The van der Waals surface area contributed by atoms with Crippen LogP contribution in [0.5, 0.6) is 5.75 Å². The number of nitrogens with one attached hydrogen (secondary N) is 1. The van der Waals surface area contributed by atoms with Crippen molar-refractivity contribution in [1.82, 2.24) is 4.90 Å². The third-order valence-corrected chi connectivity index (χ3v) is 4.01. The standard InChI is InChI=1S/C16H20N2O3/c19-14-11-21-15-12(7-6-8-13(15)17-14)16(20)18-9-4-2-1-3-5-10-18/h6-8H,1-5,9-11H2,(H,17,19). The zero-order valence-corrected chi connectivity index (χ0v) is 12.1. The van der Waals surface area contributed by atoms with Crippen LogP contribution in [0.15, 0.2) is 18.2 Å². The summed E-state index contributed by atoms with van der Waals surface area (Å²) in [5.41, 5.74) is 1.14. The van der Waals surface area contributed by atoms with Gasteiger partial charge in [-0.2, -0.15) is 0 Å². The molecule has 21 heavy (non-hydrogen) atoms. The lowest BCUT2D eigenvalue weighted by Gasteiger charge is -2.27. The number of para-hydroxylation sites is 1. The minimum Gasteiger partial charge on any atom is -0.481 e. The molecule has 0 spiro atoms. The average molecular weight is 288 g/mol. The van der Waals surface area contributed by atoms with E-state index >= 15 is 0 Å². The van der Waals surface area contributed by atoms with Gasteiger partial charge in [-0.3, -0.25) is 9.59 Å². The summed E-state index contributed by atoms with van der Waals surface area (Å²) in [6.07, 6.45) is 5.74. The highest BCUT2D eigenvalue weighted by molar-refractivity contribution is 6.03. The van der Waals surface area contributed by atoms with E-state index in [9.17, 15) is 9.59 Å². The fourth-order valence-electron chi connectivity index (χ4n) is 2.90. The van der Waals surface area contributed by atoms with Crippen molar-refractivity contribution in [3.8, 4) is 5.75 Å². The summed E-state index contributed by atoms with van der Waals surface area (Å²) < 4.78 is 5.48. The molecule has 0 aromatic heterocycles. The number of amides is 2. The van der Waals surface area contributed by atoms with Crippen LogP contribution in [0.1, 0.15) is 42.5 Å². The van der Waals surface area contributed by atoms with Gasteiger partial charge in [0.25, 0.3) is 11.8 Å². The highest BCUT2D eigenvalue weighted by Crippen LogP contribution is 2.32. The fraction of sp³-hybridized carbons (Fsp3) is 0.500. The van der Waals surface area contributed by atoms with Gasteiger partial charge in [-0.1, -0.05) is 25.3 Å². The maximum atomic E-state index is 12.8. The van der Waals surface area contributed by atoms with Crippen LogP contribution in [0.25, 0.3) is 0 Å². The van der Waals surface area contributed by atoms with E-state index < -0.39 is 0 Å². The van der Waals surface area contributed by atoms with Gasteiger partial charge in [0.2, 0.25) is 0 Å². The molecule has 112 valence electrons. The largest absolute Gasteiger partial charge is 0.481 e. The van der Waals surface area contributed by atoms with Crippen molar-refractivity contribution in [2.45, 2.75) is 32.1 Å². The number of nitrogens with zero attached hydrogens (tertiary/aromatic N) is 1. The molecule has 1 aromatic rings. The number of fused-ring (bicyclic) bond motifs is 1. The average Bonchev–Trinajstić information content (AvgIpc) is 2.45. The summed E-state index contributed by atoms with van der Waals surface area (Å²) in [4.78, 5) is 26.0. The minimum atomic E-state index is -0.182. The van der Waals surface area contributed by atoms with Gasteiger partial charge < -0.3 is 15.0 Å². The second kappa shape index (κ2) is 6.16. The van der Waals surface area contributed by atoms with Crippen molar-refractivity contribution in [2.75, 3.05) is 25.0 Å². The first-order valence-corrected chi connectivity index (χ1v) is 7.60. The van der Waals surface area contributed by atoms with Gasteiger partial charge in [-0.25, -0.2) is 0 Å². The maximum Gasteiger partial charge on any atom is 0.262 e. The quantitative estimate of drug-likeness (QED) is 0.863. The molecule has 1 aromatic carbocycles. The van der Waals surface area contributed by atoms with Crippen molar-refractivity contribution in [2.24, 2.45) is 0 Å². The number of rotatable bonds is 1. The number of anilines is 1. The predicted octanol–water partition coefficient (Wildman–Crippen LogP) is 2.42. The molecule has 0 bridgehead atoms. The Morgan fingerprint density at radius 3 is 2.57 bits per heavy atom. The molecule has 5 heteroatoms. The number of hydrogen-bond donors (Lipinski definition) is 1. The maximum absolute atomic E-state index is 12.8. The molecule has 0 aliphatic carbocycles. The molecule has 5 nitrogen and oxygen atoms in total. The molecular weight excluding hydrogens is 268 g/mol. The number of benzene rings is 1. The predicted molar refractivity (Wildman–Crippen MR) is 79.6 cm³/mol. The molecule has 2 aliphatic heterocycles. The molecule has 2 heterocycles. The summed E-state index contributed by atoms with van der Waals surface area (Å²) in [5, 5.41) is 2.75. The van der Waals surface area contributed by atoms with Crippen molar-refractivity contribution < 1.29 is 14.3 Å². The summed E-state index contributed by atoms with van der Waals surface area (Å²) in [5.74, 6) is 0.326. The Balaban J connectivity index is 1.84. The normalized spacial score (nSPS) is 18.9. The Labute approximate surface area is 124 Å². The summed E-state index contributed by atoms with van der Waals surface area (Å²) >= 11 is 0. The van der Waals surface area contributed by atoms with Gasteiger partial charge in [0, 0.05) is 13.1 Å². The van der Waals surface area contributed by atoms with Gasteiger partial charge in [0.15, 0.2) is 12.4 Å². The third-order valence-electron chi connectivity index (χ3n) is 4.01. The number of likely N-dealkylation sites (tertiary alicyclic amines) is 1. The molecule has 1 saturated heterocycles. The van der Waals surface area contributed by atoms with Crippen molar-refractivity contribution in [1.29, 1.82) is 0 Å². The fourth-order valence-corrected chi connectivity index (χ4v) is 2.90. The van der Waals surface area contributed by atoms with E-state index in [-0.39, 0.29) is 18.4 Å². The summed E-state index contributed by atoms with van der Waals surface area (Å²) in [6.45, 7) is 1.57. The van der Waals surface area contributed by atoms with Gasteiger partial charge in [-0.05, 0) is 25.0 Å². The summed E-state index contributed by atoms with van der Waals surface area (Å²) in [6, 6.07) is 5.32. The highest BCUT2D eigenvalue weighted by Gasteiger charge is 2.25. The molecule has 2 aliphatic rings. The van der Waals surface area contributed by atoms with E-state index in [1.807, 2.05) is 4.90 Å². The zero-order chi connectivity index (χ0) is 14.7. The lowest BCUT2D eigenvalue weighted by molar-refractivity contribution is -0.118. The first kappa shape index (κ1) is 13.9. The van der Waals surface area contributed by atoms with Crippen molar-refractivity contribution in [3.63, 3.8) is 0 Å². The second-order valence-corrected chi connectivity index (χ2v) is 5.58. The SMILES string of the molecule is O=C1COc2c(cccc2C(=O)N2CCCCCCC2)N1. The highest BCUT2D eigenvalue weighted by atomic mass is 16.5. The van der Waals surface area contributed by atoms with Crippen molar-refractivity contribution in [3.05, 3.63) is 23.8 Å². The Hall–Kier alpha value is -2.04. The van der Waals surface area contributed by atoms with Crippen LogP contribution in [0.2, 0.25) is 0 Å². The lowest BCUT2D eigenvalue weighted by Crippen LogP contribution is -2.35. The molecule has 0 radical (unpaired) electrons. The van der Waals surface area contributed by atoms with E-state index in [0.717, 1.165) is 25.9 Å². The van der Waals surface area contributed by atoms with Gasteiger partial charge in [0.1, 0.15) is 0 Å². The van der Waals surface area contributed by atoms with E-state index in [1.54, 1.807) is 18.2 Å². The van der Waals surface area contributed by atoms with Crippen LogP contribution in [-0.2, 0) is 4.79 Å². The van der Waals surface area contributed by atoms with Crippen LogP contribution in [-0.4, -0.2) is 36.4 Å². The molecular formula is C16H20N2O3. The van der Waals surface area contributed by atoms with E-state index in [2.05, 4.69) is 5.32 Å². The number of carbonyl (C=O) groups excluding carboxylic acids is 2. The van der Waals surface area contributed by atoms with E-state index in [1.165, 1.54) is 19.3 Å². The van der Waals surface area contributed by atoms with Crippen LogP contribution < -0.4 is 10.1 Å². The van der Waals surface area contributed by atoms with Crippen molar-refractivity contribution >= 4 is 17.5 Å². The number of hydrogen-bond acceptors (Lipinski definition) is 3. The monoisotopic (exact) mass is 288 g/mol. The Morgan fingerprint density at radius 2 is 1.81 bits per heavy atom. The molecule has 0 atom stereocenters. The second-order valence-electron chi connectivity index (χ2n) is 5.58. The van der Waals surface area contributed by atoms with E-state index in [0.29, 0.717) is 17.0 Å². The van der Waals surface area contributed by atoms with Gasteiger partial charge in [0.05, 0.1) is 11.3 Å². The van der Waals surface area contributed by atoms with Gasteiger partial charge >= 0.3 is 0 Å².